The predicted molar refractivity (Wildman–Crippen MR) is 46.1 cm³/mol. The molecule has 88 valence electrons. The first-order chi connectivity index (χ1) is 6.99. The third-order valence-corrected chi connectivity index (χ3v) is 1.83. The fraction of sp³-hybridized carbons (Fsp3) is 0.778. The molecule has 0 fully saturated rings. The van der Waals surface area contributed by atoms with Gasteiger partial charge in [-0.2, -0.15) is 13.2 Å². The van der Waals surface area contributed by atoms with E-state index in [0.29, 0.717) is 12.4 Å². The molecule has 0 bridgehead atoms. The molecule has 0 aromatic rings. The highest BCUT2D eigenvalue weighted by atomic mass is 19.4. The van der Waals surface area contributed by atoms with Crippen LogP contribution in [0.25, 0.3) is 0 Å². The number of hydrogen-bond acceptors (Lipinski definition) is 3. The van der Waals surface area contributed by atoms with E-state index in [1.54, 1.807) is 6.08 Å². The summed E-state index contributed by atoms with van der Waals surface area (Å²) < 4.78 is 44.5. The summed E-state index contributed by atoms with van der Waals surface area (Å²) in [6.07, 6.45) is -2.16. The highest BCUT2D eigenvalue weighted by Gasteiger charge is 2.28. The molecule has 1 N–H and O–H groups in total. The summed E-state index contributed by atoms with van der Waals surface area (Å²) in [5.41, 5.74) is 0. The Bertz CT molecular complexity index is 225. The quantitative estimate of drug-likeness (QED) is 0.791. The lowest BCUT2D eigenvalue weighted by molar-refractivity contribution is -0.179. The molecule has 0 saturated heterocycles. The summed E-state index contributed by atoms with van der Waals surface area (Å²) in [4.78, 5) is 0. The number of aliphatic hydroxyl groups is 1. The van der Waals surface area contributed by atoms with Crippen molar-refractivity contribution in [3.05, 3.63) is 11.8 Å². The summed E-state index contributed by atoms with van der Waals surface area (Å²) in [6.45, 7) is -1.26. The summed E-state index contributed by atoms with van der Waals surface area (Å²) in [5.74, 6) is 0.309. The minimum atomic E-state index is -4.36. The second-order valence-electron chi connectivity index (χ2n) is 3.24. The molecule has 1 aliphatic heterocycles. The fourth-order valence-electron chi connectivity index (χ4n) is 1.18. The van der Waals surface area contributed by atoms with Gasteiger partial charge in [0.15, 0.2) is 0 Å². The van der Waals surface area contributed by atoms with Crippen LogP contribution >= 0.6 is 0 Å². The minimum Gasteiger partial charge on any atom is -0.495 e. The second-order valence-corrected chi connectivity index (χ2v) is 3.24. The van der Waals surface area contributed by atoms with Crippen LogP contribution < -0.4 is 0 Å². The Kier molecular flexibility index (Phi) is 4.41. The number of ether oxygens (including phenoxy) is 2. The Balaban J connectivity index is 2.23. The zero-order valence-corrected chi connectivity index (χ0v) is 8.09. The van der Waals surface area contributed by atoms with Gasteiger partial charge in [-0.3, -0.25) is 0 Å². The Morgan fingerprint density at radius 1 is 1.53 bits per heavy atom. The van der Waals surface area contributed by atoms with Gasteiger partial charge >= 0.3 is 6.18 Å². The molecule has 1 heterocycles. The smallest absolute Gasteiger partial charge is 0.411 e. The Morgan fingerprint density at radius 2 is 2.27 bits per heavy atom. The Hall–Kier alpha value is -0.750. The number of halogens is 3. The molecule has 0 aromatic carbocycles. The molecule has 0 spiro atoms. The molecular formula is C9H13F3O3. The number of alkyl halides is 3. The van der Waals surface area contributed by atoms with Gasteiger partial charge < -0.3 is 14.6 Å². The van der Waals surface area contributed by atoms with E-state index in [1.165, 1.54) is 0 Å². The summed E-state index contributed by atoms with van der Waals surface area (Å²) in [7, 11) is 0. The molecule has 0 aromatic heterocycles. The summed E-state index contributed by atoms with van der Waals surface area (Å²) in [5, 5.41) is 9.39. The third kappa shape index (κ3) is 5.03. The van der Waals surface area contributed by atoms with Crippen molar-refractivity contribution in [2.24, 2.45) is 0 Å². The van der Waals surface area contributed by atoms with Crippen molar-refractivity contribution in [1.29, 1.82) is 0 Å². The van der Waals surface area contributed by atoms with Crippen molar-refractivity contribution >= 4 is 0 Å². The van der Waals surface area contributed by atoms with Crippen LogP contribution in [0.15, 0.2) is 11.8 Å². The lowest BCUT2D eigenvalue weighted by Crippen LogP contribution is -2.25. The van der Waals surface area contributed by atoms with E-state index in [-0.39, 0.29) is 0 Å². The van der Waals surface area contributed by atoms with E-state index in [2.05, 4.69) is 4.74 Å². The minimum absolute atomic E-state index is 0.309. The molecule has 0 amide bonds. The van der Waals surface area contributed by atoms with E-state index in [1.807, 2.05) is 0 Å². The normalized spacial score (nSPS) is 19.3. The summed E-state index contributed by atoms with van der Waals surface area (Å²) >= 11 is 0. The molecule has 3 nitrogen and oxygen atoms in total. The first-order valence-electron chi connectivity index (χ1n) is 4.64. The maximum absolute atomic E-state index is 11.7. The van der Waals surface area contributed by atoms with Crippen LogP contribution in [0.1, 0.15) is 12.8 Å². The first kappa shape index (κ1) is 12.3. The monoisotopic (exact) mass is 226 g/mol. The van der Waals surface area contributed by atoms with E-state index in [4.69, 9.17) is 4.74 Å². The fourth-order valence-corrected chi connectivity index (χ4v) is 1.18. The van der Waals surface area contributed by atoms with Crippen molar-refractivity contribution in [2.75, 3.05) is 19.8 Å². The van der Waals surface area contributed by atoms with E-state index >= 15 is 0 Å². The maximum Gasteiger partial charge on any atom is 0.411 e. The third-order valence-electron chi connectivity index (χ3n) is 1.83. The molecule has 1 atom stereocenters. The molecule has 1 rings (SSSR count). The molecule has 1 aliphatic rings. The predicted octanol–water partition coefficient (Wildman–Crippen LogP) is 1.62. The van der Waals surface area contributed by atoms with Crippen LogP contribution in [0.2, 0.25) is 0 Å². The summed E-state index contributed by atoms with van der Waals surface area (Å²) in [6, 6.07) is 0. The Morgan fingerprint density at radius 3 is 2.80 bits per heavy atom. The topological polar surface area (TPSA) is 38.7 Å². The zero-order chi connectivity index (χ0) is 11.3. The zero-order valence-electron chi connectivity index (χ0n) is 8.09. The van der Waals surface area contributed by atoms with Crippen LogP contribution in [0, 0.1) is 0 Å². The van der Waals surface area contributed by atoms with Gasteiger partial charge in [-0.25, -0.2) is 0 Å². The van der Waals surface area contributed by atoms with Crippen LogP contribution in [-0.2, 0) is 9.47 Å². The first-order valence-corrected chi connectivity index (χ1v) is 4.64. The molecule has 0 radical (unpaired) electrons. The second kappa shape index (κ2) is 5.37. The number of allylic oxidation sites excluding steroid dienone is 1. The molecule has 15 heavy (non-hydrogen) atoms. The highest BCUT2D eigenvalue weighted by molar-refractivity contribution is 5.01. The van der Waals surface area contributed by atoms with E-state index in [9.17, 15) is 18.3 Å². The molecular weight excluding hydrogens is 213 g/mol. The SMILES string of the molecule is OC(COCC(F)(F)F)C1=CCCCO1. The van der Waals surface area contributed by atoms with Crippen LogP contribution in [0.4, 0.5) is 13.2 Å². The number of aliphatic hydroxyl groups excluding tert-OH is 1. The average Bonchev–Trinajstić information content (AvgIpc) is 2.17. The van der Waals surface area contributed by atoms with E-state index < -0.39 is 25.5 Å². The van der Waals surface area contributed by atoms with Gasteiger partial charge in [-0.05, 0) is 18.9 Å². The molecule has 0 saturated carbocycles. The van der Waals surface area contributed by atoms with Gasteiger partial charge in [0.25, 0.3) is 0 Å². The van der Waals surface area contributed by atoms with Gasteiger partial charge in [0.2, 0.25) is 0 Å². The largest absolute Gasteiger partial charge is 0.495 e. The van der Waals surface area contributed by atoms with Gasteiger partial charge in [0.1, 0.15) is 18.5 Å². The highest BCUT2D eigenvalue weighted by Crippen LogP contribution is 2.17. The lowest BCUT2D eigenvalue weighted by Gasteiger charge is -2.19. The van der Waals surface area contributed by atoms with Gasteiger partial charge in [-0.1, -0.05) is 0 Å². The molecule has 0 aliphatic carbocycles. The number of hydrogen-bond donors (Lipinski definition) is 1. The average molecular weight is 226 g/mol. The van der Waals surface area contributed by atoms with Crippen molar-refractivity contribution in [3.8, 4) is 0 Å². The van der Waals surface area contributed by atoms with Crippen molar-refractivity contribution in [3.63, 3.8) is 0 Å². The van der Waals surface area contributed by atoms with Crippen LogP contribution in [0.5, 0.6) is 0 Å². The van der Waals surface area contributed by atoms with Gasteiger partial charge in [0, 0.05) is 0 Å². The van der Waals surface area contributed by atoms with Crippen molar-refractivity contribution < 1.29 is 27.8 Å². The van der Waals surface area contributed by atoms with Crippen molar-refractivity contribution in [1.82, 2.24) is 0 Å². The van der Waals surface area contributed by atoms with E-state index in [0.717, 1.165) is 12.8 Å². The van der Waals surface area contributed by atoms with Crippen LogP contribution in [-0.4, -0.2) is 37.2 Å². The number of rotatable bonds is 4. The molecule has 6 heteroatoms. The standard InChI is InChI=1S/C9H13F3O3/c10-9(11,12)6-14-5-7(13)8-3-1-2-4-15-8/h3,7,13H,1-2,4-6H2. The van der Waals surface area contributed by atoms with Gasteiger partial charge in [0.05, 0.1) is 13.2 Å². The van der Waals surface area contributed by atoms with Crippen LogP contribution in [0.3, 0.4) is 0 Å². The van der Waals surface area contributed by atoms with Crippen molar-refractivity contribution in [2.45, 2.75) is 25.1 Å². The van der Waals surface area contributed by atoms with Gasteiger partial charge in [-0.15, -0.1) is 0 Å². The lowest BCUT2D eigenvalue weighted by atomic mass is 10.2. The molecule has 1 unspecified atom stereocenters. The maximum atomic E-state index is 11.7. The Labute approximate surface area is 85.5 Å².